The largest absolute Gasteiger partial charge is 0.481 e. The molecule has 1 aliphatic heterocycles. The number of carboxylic acids is 1. The summed E-state index contributed by atoms with van der Waals surface area (Å²) in [6.45, 7) is 1.15. The first-order chi connectivity index (χ1) is 8.21. The minimum absolute atomic E-state index is 0.0924. The van der Waals surface area contributed by atoms with Crippen molar-refractivity contribution in [2.24, 2.45) is 5.41 Å². The van der Waals surface area contributed by atoms with Gasteiger partial charge in [-0.25, -0.2) is 9.52 Å². The van der Waals surface area contributed by atoms with Gasteiger partial charge in [-0.2, -0.15) is 13.1 Å². The minimum atomic E-state index is -4.20. The average Bonchev–Trinajstić information content (AvgIpc) is 2.60. The Morgan fingerprint density at radius 3 is 2.61 bits per heavy atom. The van der Waals surface area contributed by atoms with E-state index >= 15 is 0 Å². The molecule has 10 heteroatoms. The topological polar surface area (TPSA) is 131 Å². The van der Waals surface area contributed by atoms with Crippen molar-refractivity contribution < 1.29 is 32.6 Å². The number of carbonyl (C=O) groups is 2. The zero-order valence-corrected chi connectivity index (χ0v) is 10.6. The summed E-state index contributed by atoms with van der Waals surface area (Å²) < 4.78 is 35.7. The van der Waals surface area contributed by atoms with Gasteiger partial charge in [0, 0.05) is 0 Å². The monoisotopic (exact) mass is 282 g/mol. The lowest BCUT2D eigenvalue weighted by atomic mass is 9.86. The molecule has 0 aromatic heterocycles. The molecule has 1 heterocycles. The van der Waals surface area contributed by atoms with Gasteiger partial charge < -0.3 is 14.6 Å². The molecule has 1 aliphatic rings. The molecule has 1 saturated heterocycles. The van der Waals surface area contributed by atoms with Crippen molar-refractivity contribution in [2.45, 2.75) is 13.0 Å². The predicted octanol–water partition coefficient (Wildman–Crippen LogP) is -1.33. The molecule has 2 atom stereocenters. The Balaban J connectivity index is 2.78. The summed E-state index contributed by atoms with van der Waals surface area (Å²) in [7, 11) is -3.19. The van der Waals surface area contributed by atoms with Crippen molar-refractivity contribution in [3.8, 4) is 0 Å². The molecule has 0 aromatic rings. The summed E-state index contributed by atoms with van der Waals surface area (Å²) in [6, 6.07) is -0.975. The van der Waals surface area contributed by atoms with Crippen LogP contribution < -0.4 is 9.44 Å². The van der Waals surface area contributed by atoms with Gasteiger partial charge in [-0.3, -0.25) is 4.79 Å². The number of ether oxygens (including phenoxy) is 2. The number of aliphatic carboxylic acids is 1. The van der Waals surface area contributed by atoms with Gasteiger partial charge in [0.2, 0.25) is 0 Å². The summed E-state index contributed by atoms with van der Waals surface area (Å²) >= 11 is 0. The highest BCUT2D eigenvalue weighted by molar-refractivity contribution is 7.88. The van der Waals surface area contributed by atoms with Gasteiger partial charge in [0.1, 0.15) is 5.41 Å². The quantitative estimate of drug-likeness (QED) is 0.582. The van der Waals surface area contributed by atoms with Gasteiger partial charge in [-0.1, -0.05) is 0 Å². The van der Waals surface area contributed by atoms with Gasteiger partial charge in [-0.15, -0.1) is 0 Å². The SMILES string of the molecule is COC(=O)NS(=O)(=O)NC1COCC1(C)C(=O)O. The highest BCUT2D eigenvalue weighted by Gasteiger charge is 2.48. The average molecular weight is 282 g/mol. The van der Waals surface area contributed by atoms with Gasteiger partial charge in [0.25, 0.3) is 0 Å². The number of methoxy groups -OCH3 is 1. The molecule has 0 spiro atoms. The Labute approximate surface area is 104 Å². The Kier molecular flexibility index (Phi) is 4.14. The molecule has 3 N–H and O–H groups in total. The number of carboxylic acid groups (broad SMARTS) is 1. The van der Waals surface area contributed by atoms with Crippen LogP contribution in [0.3, 0.4) is 0 Å². The van der Waals surface area contributed by atoms with E-state index in [9.17, 15) is 18.0 Å². The summed E-state index contributed by atoms with van der Waals surface area (Å²) in [4.78, 5) is 21.9. The molecule has 1 amide bonds. The van der Waals surface area contributed by atoms with E-state index in [1.807, 2.05) is 4.72 Å². The summed E-state index contributed by atoms with van der Waals surface area (Å²) in [6.07, 6.45) is -1.17. The maximum Gasteiger partial charge on any atom is 0.421 e. The van der Waals surface area contributed by atoms with E-state index in [2.05, 4.69) is 4.74 Å². The molecule has 0 aliphatic carbocycles. The molecule has 1 rings (SSSR count). The maximum atomic E-state index is 11.5. The number of hydrogen-bond donors (Lipinski definition) is 3. The van der Waals surface area contributed by atoms with Crippen molar-refractivity contribution >= 4 is 22.3 Å². The van der Waals surface area contributed by atoms with E-state index in [-0.39, 0.29) is 13.2 Å². The zero-order chi connectivity index (χ0) is 14.0. The van der Waals surface area contributed by atoms with Crippen molar-refractivity contribution in [2.75, 3.05) is 20.3 Å². The van der Waals surface area contributed by atoms with Crippen LogP contribution in [0.25, 0.3) is 0 Å². The minimum Gasteiger partial charge on any atom is -0.481 e. The highest BCUT2D eigenvalue weighted by Crippen LogP contribution is 2.28. The van der Waals surface area contributed by atoms with Crippen LogP contribution in [0.4, 0.5) is 4.79 Å². The summed E-state index contributed by atoms with van der Waals surface area (Å²) in [5.74, 6) is -1.19. The van der Waals surface area contributed by atoms with Crippen LogP contribution >= 0.6 is 0 Å². The number of hydrogen-bond acceptors (Lipinski definition) is 6. The van der Waals surface area contributed by atoms with Crippen molar-refractivity contribution in [3.05, 3.63) is 0 Å². The van der Waals surface area contributed by atoms with E-state index in [0.29, 0.717) is 0 Å². The molecule has 0 aromatic carbocycles. The second-order valence-corrected chi connectivity index (χ2v) is 5.45. The van der Waals surface area contributed by atoms with Crippen LogP contribution in [0.5, 0.6) is 0 Å². The smallest absolute Gasteiger partial charge is 0.421 e. The van der Waals surface area contributed by atoms with Crippen LogP contribution in [0.1, 0.15) is 6.92 Å². The highest BCUT2D eigenvalue weighted by atomic mass is 32.2. The predicted molar refractivity (Wildman–Crippen MR) is 57.9 cm³/mol. The second-order valence-electron chi connectivity index (χ2n) is 4.01. The number of carbonyl (C=O) groups excluding carboxylic acids is 1. The van der Waals surface area contributed by atoms with Crippen LogP contribution in [0.2, 0.25) is 0 Å². The molecule has 18 heavy (non-hydrogen) atoms. The Morgan fingerprint density at radius 1 is 1.50 bits per heavy atom. The fraction of sp³-hybridized carbons (Fsp3) is 0.750. The van der Waals surface area contributed by atoms with Gasteiger partial charge in [0.05, 0.1) is 26.4 Å². The summed E-state index contributed by atoms with van der Waals surface area (Å²) in [5, 5.41) is 9.04. The van der Waals surface area contributed by atoms with Crippen LogP contribution in [-0.4, -0.2) is 52.0 Å². The number of nitrogens with one attached hydrogen (secondary N) is 2. The van der Waals surface area contributed by atoms with Crippen LogP contribution in [0, 0.1) is 5.41 Å². The van der Waals surface area contributed by atoms with Crippen molar-refractivity contribution in [1.82, 2.24) is 9.44 Å². The number of rotatable bonds is 4. The third kappa shape index (κ3) is 3.09. The fourth-order valence-corrected chi connectivity index (χ4v) is 2.48. The first-order valence-electron chi connectivity index (χ1n) is 4.90. The van der Waals surface area contributed by atoms with Gasteiger partial charge >= 0.3 is 22.3 Å². The van der Waals surface area contributed by atoms with Crippen LogP contribution in [0.15, 0.2) is 0 Å². The van der Waals surface area contributed by atoms with E-state index < -0.39 is 33.7 Å². The summed E-state index contributed by atoms with van der Waals surface area (Å²) in [5.41, 5.74) is -1.38. The lowest BCUT2D eigenvalue weighted by Crippen LogP contribution is -2.53. The molecule has 2 unspecified atom stereocenters. The molecular formula is C8H14N2O7S. The standard InChI is InChI=1S/C8H14N2O7S/c1-8(6(11)12)4-17-3-5(8)9-18(14,15)10-7(13)16-2/h5,9H,3-4H2,1-2H3,(H,10,13)(H,11,12). The van der Waals surface area contributed by atoms with E-state index in [4.69, 9.17) is 9.84 Å². The molecule has 1 fully saturated rings. The van der Waals surface area contributed by atoms with Gasteiger partial charge in [0.15, 0.2) is 0 Å². The van der Waals surface area contributed by atoms with Gasteiger partial charge in [-0.05, 0) is 6.92 Å². The molecule has 0 bridgehead atoms. The van der Waals surface area contributed by atoms with E-state index in [1.165, 1.54) is 6.92 Å². The normalized spacial score (nSPS) is 27.8. The maximum absolute atomic E-state index is 11.5. The molecule has 9 nitrogen and oxygen atoms in total. The number of amides is 1. The second kappa shape index (κ2) is 5.08. The van der Waals surface area contributed by atoms with E-state index in [0.717, 1.165) is 7.11 Å². The zero-order valence-electron chi connectivity index (χ0n) is 9.80. The first-order valence-corrected chi connectivity index (χ1v) is 6.39. The first kappa shape index (κ1) is 14.7. The van der Waals surface area contributed by atoms with E-state index in [1.54, 1.807) is 4.72 Å². The third-order valence-electron chi connectivity index (χ3n) is 2.64. The Bertz CT molecular complexity index is 448. The molecule has 0 radical (unpaired) electrons. The Hall–Kier alpha value is -1.39. The molecule has 104 valence electrons. The third-order valence-corrected chi connectivity index (χ3v) is 3.67. The van der Waals surface area contributed by atoms with Crippen molar-refractivity contribution in [3.63, 3.8) is 0 Å². The molecular weight excluding hydrogens is 268 g/mol. The lowest BCUT2D eigenvalue weighted by Gasteiger charge is -2.24. The van der Waals surface area contributed by atoms with Crippen molar-refractivity contribution in [1.29, 1.82) is 0 Å². The Morgan fingerprint density at radius 2 is 2.11 bits per heavy atom. The fourth-order valence-electron chi connectivity index (χ4n) is 1.42. The van der Waals surface area contributed by atoms with Crippen LogP contribution in [-0.2, 0) is 24.5 Å². The molecule has 0 saturated carbocycles. The lowest BCUT2D eigenvalue weighted by molar-refractivity contribution is -0.148.